The first-order chi connectivity index (χ1) is 7.81. The van der Waals surface area contributed by atoms with E-state index in [-0.39, 0.29) is 0 Å². The van der Waals surface area contributed by atoms with Gasteiger partial charge in [-0.15, -0.1) is 9.81 Å². The van der Waals surface area contributed by atoms with Crippen LogP contribution in [-0.2, 0) is 6.42 Å². The Kier molecular flexibility index (Phi) is 5.32. The molecule has 0 saturated heterocycles. The van der Waals surface area contributed by atoms with Crippen molar-refractivity contribution in [3.8, 4) is 0 Å². The fourth-order valence-electron chi connectivity index (χ4n) is 1.66. The minimum absolute atomic E-state index is 0.359. The van der Waals surface area contributed by atoms with Crippen LogP contribution in [0.15, 0.2) is 28.6 Å². The zero-order chi connectivity index (χ0) is 11.8. The maximum atomic E-state index is 10.6. The van der Waals surface area contributed by atoms with Gasteiger partial charge in [0.25, 0.3) is 0 Å². The molecule has 0 bridgehead atoms. The van der Waals surface area contributed by atoms with E-state index < -0.39 is 0 Å². The van der Waals surface area contributed by atoms with Crippen LogP contribution in [0.4, 0.5) is 11.4 Å². The fourth-order valence-corrected chi connectivity index (χ4v) is 1.66. The van der Waals surface area contributed by atoms with Crippen molar-refractivity contribution in [1.29, 1.82) is 0 Å². The third kappa shape index (κ3) is 3.53. The molecule has 0 aromatic heterocycles. The Morgan fingerprint density at radius 2 is 1.88 bits per heavy atom. The second-order valence-electron chi connectivity index (χ2n) is 3.81. The Hall–Kier alpha value is -1.58. The van der Waals surface area contributed by atoms with Crippen molar-refractivity contribution in [3.05, 3.63) is 33.6 Å². The Morgan fingerprint density at radius 3 is 2.50 bits per heavy atom. The first-order valence-electron chi connectivity index (χ1n) is 5.61. The van der Waals surface area contributed by atoms with Crippen molar-refractivity contribution in [2.45, 2.75) is 39.0 Å². The molecule has 0 N–H and O–H groups in total. The summed E-state index contributed by atoms with van der Waals surface area (Å²) < 4.78 is 0. The molecule has 0 heterocycles. The van der Waals surface area contributed by atoms with Crippen molar-refractivity contribution in [2.24, 2.45) is 10.4 Å². The molecule has 0 radical (unpaired) electrons. The van der Waals surface area contributed by atoms with Crippen LogP contribution in [0.1, 0.15) is 38.2 Å². The number of aryl methyl sites for hydroxylation is 1. The predicted molar refractivity (Wildman–Crippen MR) is 65.2 cm³/mol. The minimum atomic E-state index is 0.359. The Labute approximate surface area is 95.0 Å². The largest absolute Gasteiger partial charge is 0.145 e. The van der Waals surface area contributed by atoms with E-state index in [1.54, 1.807) is 12.1 Å². The van der Waals surface area contributed by atoms with Gasteiger partial charge in [0.2, 0.25) is 0 Å². The number of hydrogen-bond donors (Lipinski definition) is 0. The van der Waals surface area contributed by atoms with Gasteiger partial charge in [-0.1, -0.05) is 26.2 Å². The Morgan fingerprint density at radius 1 is 1.06 bits per heavy atom. The highest BCUT2D eigenvalue weighted by atomic mass is 16.3. The van der Waals surface area contributed by atoms with Crippen LogP contribution in [0.3, 0.4) is 0 Å². The predicted octanol–water partition coefficient (Wildman–Crippen LogP) is 4.61. The summed E-state index contributed by atoms with van der Waals surface area (Å²) in [6, 6.07) is 4.72. The van der Waals surface area contributed by atoms with E-state index in [1.165, 1.54) is 18.9 Å². The molecular formula is C12H16N2O2. The topological polar surface area (TPSA) is 58.9 Å². The van der Waals surface area contributed by atoms with Gasteiger partial charge >= 0.3 is 0 Å². The lowest BCUT2D eigenvalue weighted by Gasteiger charge is -2.03. The molecule has 1 aromatic carbocycles. The molecule has 0 aliphatic carbocycles. The molecule has 0 unspecified atom stereocenters. The second-order valence-corrected chi connectivity index (χ2v) is 3.81. The van der Waals surface area contributed by atoms with Crippen molar-refractivity contribution in [3.63, 3.8) is 0 Å². The van der Waals surface area contributed by atoms with Crippen LogP contribution < -0.4 is 0 Å². The zero-order valence-corrected chi connectivity index (χ0v) is 9.48. The molecule has 4 heteroatoms. The lowest BCUT2D eigenvalue weighted by Crippen LogP contribution is -1.86. The smallest absolute Gasteiger partial charge is 0.111 e. The average molecular weight is 220 g/mol. The summed E-state index contributed by atoms with van der Waals surface area (Å²) in [6.07, 6.45) is 5.29. The highest BCUT2D eigenvalue weighted by molar-refractivity contribution is 5.54. The van der Waals surface area contributed by atoms with Gasteiger partial charge in [-0.25, -0.2) is 0 Å². The van der Waals surface area contributed by atoms with Crippen molar-refractivity contribution < 1.29 is 0 Å². The lowest BCUT2D eigenvalue weighted by molar-refractivity contribution is 0.667. The lowest BCUT2D eigenvalue weighted by atomic mass is 10.0. The van der Waals surface area contributed by atoms with E-state index in [1.807, 2.05) is 0 Å². The quantitative estimate of drug-likeness (QED) is 0.497. The van der Waals surface area contributed by atoms with E-state index in [2.05, 4.69) is 17.3 Å². The van der Waals surface area contributed by atoms with Crippen LogP contribution in [0.5, 0.6) is 0 Å². The standard InChI is InChI=1S/C12H16N2O2/c1-2-3-4-5-6-10-9-11(13-15)7-8-12(10)14-16/h7-9H,2-6H2,1H3. The maximum Gasteiger partial charge on any atom is 0.111 e. The highest BCUT2D eigenvalue weighted by Crippen LogP contribution is 2.26. The SMILES string of the molecule is CCCCCCc1cc(N=O)ccc1N=O. The monoisotopic (exact) mass is 220 g/mol. The molecule has 0 aliphatic heterocycles. The van der Waals surface area contributed by atoms with E-state index in [4.69, 9.17) is 0 Å². The Bertz CT molecular complexity index is 364. The fraction of sp³-hybridized carbons (Fsp3) is 0.500. The van der Waals surface area contributed by atoms with Crippen LogP contribution >= 0.6 is 0 Å². The summed E-state index contributed by atoms with van der Waals surface area (Å²) >= 11 is 0. The van der Waals surface area contributed by atoms with E-state index in [0.717, 1.165) is 24.8 Å². The molecule has 16 heavy (non-hydrogen) atoms. The Balaban J connectivity index is 2.67. The van der Waals surface area contributed by atoms with Gasteiger partial charge in [0.1, 0.15) is 11.4 Å². The number of benzene rings is 1. The molecule has 1 rings (SSSR count). The molecule has 4 nitrogen and oxygen atoms in total. The highest BCUT2D eigenvalue weighted by Gasteiger charge is 2.04. The molecule has 0 amide bonds. The number of rotatable bonds is 7. The van der Waals surface area contributed by atoms with Gasteiger partial charge < -0.3 is 0 Å². The van der Waals surface area contributed by atoms with Gasteiger partial charge in [0, 0.05) is 0 Å². The summed E-state index contributed by atoms with van der Waals surface area (Å²) in [5.74, 6) is 0. The molecule has 0 spiro atoms. The number of nitroso groups, excluding NO2 is 2. The summed E-state index contributed by atoms with van der Waals surface area (Å²) in [5, 5.41) is 5.81. The van der Waals surface area contributed by atoms with Gasteiger partial charge in [-0.05, 0) is 47.0 Å². The molecule has 0 fully saturated rings. The molecular weight excluding hydrogens is 204 g/mol. The number of nitrogens with zero attached hydrogens (tertiary/aromatic N) is 2. The van der Waals surface area contributed by atoms with Crippen molar-refractivity contribution >= 4 is 11.4 Å². The normalized spacial score (nSPS) is 10.1. The summed E-state index contributed by atoms with van der Waals surface area (Å²) in [5.41, 5.74) is 1.60. The van der Waals surface area contributed by atoms with Crippen LogP contribution in [0, 0.1) is 9.81 Å². The first kappa shape index (κ1) is 12.5. The van der Waals surface area contributed by atoms with Gasteiger partial charge in [-0.2, -0.15) is 0 Å². The van der Waals surface area contributed by atoms with Gasteiger partial charge in [-0.3, -0.25) is 0 Å². The summed E-state index contributed by atoms with van der Waals surface area (Å²) in [4.78, 5) is 20.9. The number of unbranched alkanes of at least 4 members (excludes halogenated alkanes) is 3. The van der Waals surface area contributed by atoms with E-state index in [0.29, 0.717) is 11.4 Å². The summed E-state index contributed by atoms with van der Waals surface area (Å²) in [7, 11) is 0. The number of hydrogen-bond acceptors (Lipinski definition) is 4. The van der Waals surface area contributed by atoms with Crippen LogP contribution in [0.2, 0.25) is 0 Å². The van der Waals surface area contributed by atoms with E-state index in [9.17, 15) is 9.81 Å². The van der Waals surface area contributed by atoms with E-state index >= 15 is 0 Å². The molecule has 86 valence electrons. The van der Waals surface area contributed by atoms with Crippen molar-refractivity contribution in [2.75, 3.05) is 0 Å². The molecule has 0 aliphatic rings. The van der Waals surface area contributed by atoms with Crippen LogP contribution in [0.25, 0.3) is 0 Å². The third-order valence-electron chi connectivity index (χ3n) is 2.57. The summed E-state index contributed by atoms with van der Waals surface area (Å²) in [6.45, 7) is 2.15. The molecule has 0 atom stereocenters. The van der Waals surface area contributed by atoms with Crippen LogP contribution in [-0.4, -0.2) is 0 Å². The first-order valence-corrected chi connectivity index (χ1v) is 5.61. The third-order valence-corrected chi connectivity index (χ3v) is 2.57. The molecule has 0 saturated carbocycles. The molecule has 1 aromatic rings. The van der Waals surface area contributed by atoms with Gasteiger partial charge in [0.05, 0.1) is 0 Å². The van der Waals surface area contributed by atoms with Gasteiger partial charge in [0.15, 0.2) is 0 Å². The van der Waals surface area contributed by atoms with Crippen molar-refractivity contribution in [1.82, 2.24) is 0 Å². The maximum absolute atomic E-state index is 10.6. The minimum Gasteiger partial charge on any atom is -0.145 e. The zero-order valence-electron chi connectivity index (χ0n) is 9.48. The second kappa shape index (κ2) is 6.82. The average Bonchev–Trinajstić information content (AvgIpc) is 2.34.